The summed E-state index contributed by atoms with van der Waals surface area (Å²) in [6.45, 7) is 4.11. The van der Waals surface area contributed by atoms with Gasteiger partial charge in [0.25, 0.3) is 0 Å². The zero-order valence-electron chi connectivity index (χ0n) is 11.1. The fourth-order valence-corrected chi connectivity index (χ4v) is 2.79. The van der Waals surface area contributed by atoms with Crippen molar-refractivity contribution < 1.29 is 9.90 Å². The van der Waals surface area contributed by atoms with Gasteiger partial charge >= 0.3 is 5.97 Å². The van der Waals surface area contributed by atoms with Gasteiger partial charge in [0.05, 0.1) is 0 Å². The molecule has 0 aromatic heterocycles. The first-order chi connectivity index (χ1) is 8.60. The molecule has 18 heavy (non-hydrogen) atoms. The number of hydrogen-bond acceptors (Lipinski definition) is 2. The molecule has 3 nitrogen and oxygen atoms in total. The lowest BCUT2D eigenvalue weighted by Crippen LogP contribution is -2.54. The molecule has 0 saturated heterocycles. The predicted octanol–water partition coefficient (Wildman–Crippen LogP) is 2.69. The Morgan fingerprint density at radius 2 is 2.22 bits per heavy atom. The van der Waals surface area contributed by atoms with E-state index in [0.29, 0.717) is 6.42 Å². The van der Waals surface area contributed by atoms with E-state index in [1.165, 1.54) is 5.56 Å². The van der Waals surface area contributed by atoms with Gasteiger partial charge in [0.1, 0.15) is 5.54 Å². The van der Waals surface area contributed by atoms with Crippen LogP contribution in [0.2, 0.25) is 0 Å². The third kappa shape index (κ3) is 2.15. The Labute approximate surface area is 108 Å². The second-order valence-electron chi connectivity index (χ2n) is 5.17. The lowest BCUT2D eigenvalue weighted by Gasteiger charge is -2.38. The highest BCUT2D eigenvalue weighted by molar-refractivity contribution is 5.82. The zero-order chi connectivity index (χ0) is 13.2. The number of rotatable bonds is 4. The van der Waals surface area contributed by atoms with E-state index in [9.17, 15) is 9.90 Å². The zero-order valence-corrected chi connectivity index (χ0v) is 11.1. The molecular formula is C15H21NO2. The van der Waals surface area contributed by atoms with Crippen LogP contribution in [0.3, 0.4) is 0 Å². The highest BCUT2D eigenvalue weighted by atomic mass is 16.4. The summed E-state index contributed by atoms with van der Waals surface area (Å²) >= 11 is 0. The van der Waals surface area contributed by atoms with Crippen LogP contribution in [0.15, 0.2) is 24.3 Å². The first-order valence-electron chi connectivity index (χ1n) is 6.69. The molecule has 1 aromatic carbocycles. The van der Waals surface area contributed by atoms with E-state index in [1.54, 1.807) is 0 Å². The van der Waals surface area contributed by atoms with Crippen molar-refractivity contribution >= 4 is 5.97 Å². The van der Waals surface area contributed by atoms with Crippen molar-refractivity contribution in [1.82, 2.24) is 5.32 Å². The highest BCUT2D eigenvalue weighted by Crippen LogP contribution is 2.36. The second-order valence-corrected chi connectivity index (χ2v) is 5.17. The van der Waals surface area contributed by atoms with Gasteiger partial charge < -0.3 is 5.11 Å². The average Bonchev–Trinajstić information content (AvgIpc) is 2.38. The van der Waals surface area contributed by atoms with Crippen molar-refractivity contribution in [1.29, 1.82) is 0 Å². The molecular weight excluding hydrogens is 226 g/mol. The van der Waals surface area contributed by atoms with Crippen LogP contribution in [0.25, 0.3) is 0 Å². The maximum absolute atomic E-state index is 11.8. The fraction of sp³-hybridized carbons (Fsp3) is 0.533. The van der Waals surface area contributed by atoms with Crippen LogP contribution in [0.4, 0.5) is 0 Å². The quantitative estimate of drug-likeness (QED) is 0.860. The molecule has 2 unspecified atom stereocenters. The maximum Gasteiger partial charge on any atom is 0.328 e. The molecule has 0 bridgehead atoms. The summed E-state index contributed by atoms with van der Waals surface area (Å²) in [6.07, 6.45) is 3.50. The molecule has 0 aliphatic heterocycles. The summed E-state index contributed by atoms with van der Waals surface area (Å²) in [5.41, 5.74) is 1.22. The van der Waals surface area contributed by atoms with Gasteiger partial charge in [0.15, 0.2) is 0 Å². The molecule has 98 valence electrons. The van der Waals surface area contributed by atoms with Gasteiger partial charge in [-0.3, -0.25) is 5.32 Å². The number of carboxylic acids is 1. The molecule has 1 aliphatic carbocycles. The van der Waals surface area contributed by atoms with Crippen molar-refractivity contribution in [2.24, 2.45) is 0 Å². The van der Waals surface area contributed by atoms with Crippen LogP contribution in [-0.2, 0) is 16.8 Å². The molecule has 3 heteroatoms. The van der Waals surface area contributed by atoms with E-state index in [1.807, 2.05) is 31.2 Å². The number of fused-ring (bicyclic) bond motifs is 1. The van der Waals surface area contributed by atoms with E-state index >= 15 is 0 Å². The standard InChI is InChI=1S/C15H21NO2/c1-3-11(2)16-15(14(17)18)10-6-8-12-7-4-5-9-13(12)15/h4-5,7,9,11,16H,3,6,8,10H2,1-2H3,(H,17,18). The molecule has 0 saturated carbocycles. The number of benzene rings is 1. The van der Waals surface area contributed by atoms with Crippen molar-refractivity contribution in [2.45, 2.75) is 51.1 Å². The second kappa shape index (κ2) is 5.11. The molecule has 2 rings (SSSR count). The van der Waals surface area contributed by atoms with Crippen LogP contribution >= 0.6 is 0 Å². The van der Waals surface area contributed by atoms with Crippen LogP contribution in [0.1, 0.15) is 44.2 Å². The molecule has 0 spiro atoms. The van der Waals surface area contributed by atoms with E-state index in [0.717, 1.165) is 24.8 Å². The lowest BCUT2D eigenvalue weighted by molar-refractivity contribution is -0.146. The molecule has 2 atom stereocenters. The van der Waals surface area contributed by atoms with Gasteiger partial charge in [0.2, 0.25) is 0 Å². The largest absolute Gasteiger partial charge is 0.480 e. The van der Waals surface area contributed by atoms with Crippen LogP contribution < -0.4 is 5.32 Å². The Hall–Kier alpha value is -1.35. The van der Waals surface area contributed by atoms with Gasteiger partial charge in [-0.25, -0.2) is 4.79 Å². The summed E-state index contributed by atoms with van der Waals surface area (Å²) in [6, 6.07) is 8.12. The Morgan fingerprint density at radius 3 is 2.89 bits per heavy atom. The number of aryl methyl sites for hydroxylation is 1. The number of nitrogens with one attached hydrogen (secondary N) is 1. The SMILES string of the molecule is CCC(C)NC1(C(=O)O)CCCc2ccccc21. The number of aliphatic carboxylic acids is 1. The molecule has 0 amide bonds. The first-order valence-corrected chi connectivity index (χ1v) is 6.69. The van der Waals surface area contributed by atoms with Gasteiger partial charge in [-0.1, -0.05) is 31.2 Å². The molecule has 1 aromatic rings. The molecule has 2 N–H and O–H groups in total. The van der Waals surface area contributed by atoms with E-state index in [4.69, 9.17) is 0 Å². The third-order valence-corrected chi connectivity index (χ3v) is 3.95. The average molecular weight is 247 g/mol. The normalized spacial score (nSPS) is 24.3. The van der Waals surface area contributed by atoms with Gasteiger partial charge in [-0.15, -0.1) is 0 Å². The Balaban J connectivity index is 2.46. The van der Waals surface area contributed by atoms with Gasteiger partial charge in [-0.05, 0) is 43.7 Å². The monoisotopic (exact) mass is 247 g/mol. The minimum absolute atomic E-state index is 0.201. The summed E-state index contributed by atoms with van der Waals surface area (Å²) < 4.78 is 0. The van der Waals surface area contributed by atoms with Crippen LogP contribution in [0.5, 0.6) is 0 Å². The Kier molecular flexibility index (Phi) is 3.71. The smallest absolute Gasteiger partial charge is 0.328 e. The molecule has 1 aliphatic rings. The maximum atomic E-state index is 11.8. The lowest BCUT2D eigenvalue weighted by atomic mass is 9.76. The van der Waals surface area contributed by atoms with Crippen molar-refractivity contribution in [3.8, 4) is 0 Å². The highest BCUT2D eigenvalue weighted by Gasteiger charge is 2.43. The van der Waals surface area contributed by atoms with Crippen molar-refractivity contribution in [3.63, 3.8) is 0 Å². The van der Waals surface area contributed by atoms with Crippen molar-refractivity contribution in [2.75, 3.05) is 0 Å². The number of hydrogen-bond donors (Lipinski definition) is 2. The molecule has 0 fully saturated rings. The first kappa shape index (κ1) is 13.1. The minimum atomic E-state index is -0.899. The molecule has 0 heterocycles. The van der Waals surface area contributed by atoms with E-state index < -0.39 is 11.5 Å². The Bertz CT molecular complexity index is 444. The summed E-state index contributed by atoms with van der Waals surface area (Å²) in [4.78, 5) is 11.8. The fourth-order valence-electron chi connectivity index (χ4n) is 2.79. The predicted molar refractivity (Wildman–Crippen MR) is 71.6 cm³/mol. The number of carboxylic acid groups (broad SMARTS) is 1. The minimum Gasteiger partial charge on any atom is -0.480 e. The van der Waals surface area contributed by atoms with Gasteiger partial charge in [0, 0.05) is 6.04 Å². The third-order valence-electron chi connectivity index (χ3n) is 3.95. The Morgan fingerprint density at radius 1 is 1.50 bits per heavy atom. The van der Waals surface area contributed by atoms with E-state index in [-0.39, 0.29) is 6.04 Å². The molecule has 0 radical (unpaired) electrons. The van der Waals surface area contributed by atoms with Gasteiger partial charge in [-0.2, -0.15) is 0 Å². The van der Waals surface area contributed by atoms with Crippen molar-refractivity contribution in [3.05, 3.63) is 35.4 Å². The van der Waals surface area contributed by atoms with E-state index in [2.05, 4.69) is 12.2 Å². The van der Waals surface area contributed by atoms with Crippen LogP contribution in [0, 0.1) is 0 Å². The summed E-state index contributed by atoms with van der Waals surface area (Å²) in [5.74, 6) is -0.755. The number of carbonyl (C=O) groups is 1. The summed E-state index contributed by atoms with van der Waals surface area (Å²) in [7, 11) is 0. The van der Waals surface area contributed by atoms with Crippen LogP contribution in [-0.4, -0.2) is 17.1 Å². The topological polar surface area (TPSA) is 49.3 Å². The summed E-state index contributed by atoms with van der Waals surface area (Å²) in [5, 5.41) is 13.1.